The second-order valence-corrected chi connectivity index (χ2v) is 3.40. The van der Waals surface area contributed by atoms with Crippen LogP contribution in [0.1, 0.15) is 12.5 Å². The summed E-state index contributed by atoms with van der Waals surface area (Å²) < 4.78 is 1.73. The predicted molar refractivity (Wildman–Crippen MR) is 56.7 cm³/mol. The van der Waals surface area contributed by atoms with Crippen LogP contribution in [-0.4, -0.2) is 20.6 Å². The van der Waals surface area contributed by atoms with Crippen LogP contribution < -0.4 is 0 Å². The molecule has 4 heteroatoms. The van der Waals surface area contributed by atoms with Crippen LogP contribution in [0.2, 0.25) is 0 Å². The number of hydrogen-bond donors (Lipinski definition) is 1. The molecule has 0 unspecified atom stereocenters. The lowest BCUT2D eigenvalue weighted by Gasteiger charge is -1.99. The maximum atomic E-state index is 10.7. The van der Waals surface area contributed by atoms with Gasteiger partial charge in [0.1, 0.15) is 6.54 Å². The smallest absolute Gasteiger partial charge is 0.323 e. The topological polar surface area (TPSA) is 55.1 Å². The molecule has 0 spiro atoms. The second kappa shape index (κ2) is 3.73. The Balaban J connectivity index is 2.59. The lowest BCUT2D eigenvalue weighted by atomic mass is 10.2. The zero-order valence-electron chi connectivity index (χ0n) is 8.47. The molecular weight excluding hydrogens is 192 g/mol. The Morgan fingerprint density at radius 2 is 2.40 bits per heavy atom. The van der Waals surface area contributed by atoms with Crippen LogP contribution in [0.4, 0.5) is 0 Å². The van der Waals surface area contributed by atoms with Gasteiger partial charge in [-0.3, -0.25) is 9.78 Å². The zero-order chi connectivity index (χ0) is 10.8. The average molecular weight is 204 g/mol. The highest BCUT2D eigenvalue weighted by atomic mass is 16.4. The Labute approximate surface area is 87.2 Å². The van der Waals surface area contributed by atoms with Crippen LogP contribution >= 0.6 is 0 Å². The minimum absolute atomic E-state index is 0.0117. The number of carboxylic acids is 1. The molecule has 0 aromatic carbocycles. The molecule has 0 bridgehead atoms. The van der Waals surface area contributed by atoms with Crippen molar-refractivity contribution in [2.24, 2.45) is 0 Å². The molecule has 2 aromatic heterocycles. The van der Waals surface area contributed by atoms with Gasteiger partial charge in [0.05, 0.1) is 11.0 Å². The molecule has 2 heterocycles. The van der Waals surface area contributed by atoms with E-state index in [0.717, 1.165) is 23.0 Å². The molecule has 78 valence electrons. The first kappa shape index (κ1) is 9.71. The fourth-order valence-electron chi connectivity index (χ4n) is 1.73. The first-order chi connectivity index (χ1) is 7.22. The predicted octanol–water partition coefficient (Wildman–Crippen LogP) is 1.68. The van der Waals surface area contributed by atoms with Crippen molar-refractivity contribution in [1.29, 1.82) is 0 Å². The summed E-state index contributed by atoms with van der Waals surface area (Å²) in [5.74, 6) is -0.835. The molecule has 0 aliphatic rings. The number of aryl methyl sites for hydroxylation is 1. The lowest BCUT2D eigenvalue weighted by Crippen LogP contribution is -2.07. The van der Waals surface area contributed by atoms with Crippen molar-refractivity contribution in [2.45, 2.75) is 19.9 Å². The van der Waals surface area contributed by atoms with Crippen molar-refractivity contribution in [3.63, 3.8) is 0 Å². The molecule has 0 atom stereocenters. The summed E-state index contributed by atoms with van der Waals surface area (Å²) in [4.78, 5) is 14.9. The van der Waals surface area contributed by atoms with E-state index >= 15 is 0 Å². The lowest BCUT2D eigenvalue weighted by molar-refractivity contribution is -0.137. The van der Waals surface area contributed by atoms with Gasteiger partial charge in [-0.1, -0.05) is 6.92 Å². The van der Waals surface area contributed by atoms with Gasteiger partial charge in [-0.05, 0) is 24.1 Å². The first-order valence-electron chi connectivity index (χ1n) is 4.87. The SMILES string of the molecule is CCc1cn(CC(=O)O)c2cccnc12. The van der Waals surface area contributed by atoms with Crippen molar-refractivity contribution in [3.05, 3.63) is 30.1 Å². The maximum Gasteiger partial charge on any atom is 0.323 e. The number of aliphatic carboxylic acids is 1. The summed E-state index contributed by atoms with van der Waals surface area (Å²) in [7, 11) is 0. The number of fused-ring (bicyclic) bond motifs is 1. The molecule has 1 N–H and O–H groups in total. The van der Waals surface area contributed by atoms with E-state index in [1.165, 1.54) is 0 Å². The highest BCUT2D eigenvalue weighted by molar-refractivity contribution is 5.81. The monoisotopic (exact) mass is 204 g/mol. The van der Waals surface area contributed by atoms with E-state index in [1.54, 1.807) is 10.8 Å². The van der Waals surface area contributed by atoms with Crippen LogP contribution in [0.3, 0.4) is 0 Å². The van der Waals surface area contributed by atoms with E-state index in [-0.39, 0.29) is 6.54 Å². The molecule has 0 fully saturated rings. The quantitative estimate of drug-likeness (QED) is 0.827. The molecule has 4 nitrogen and oxygen atoms in total. The van der Waals surface area contributed by atoms with Gasteiger partial charge in [0.15, 0.2) is 0 Å². The molecule has 0 radical (unpaired) electrons. The molecule has 0 aliphatic carbocycles. The maximum absolute atomic E-state index is 10.7. The van der Waals surface area contributed by atoms with Crippen LogP contribution in [-0.2, 0) is 17.8 Å². The van der Waals surface area contributed by atoms with E-state index < -0.39 is 5.97 Å². The van der Waals surface area contributed by atoms with E-state index in [4.69, 9.17) is 5.11 Å². The third-order valence-electron chi connectivity index (χ3n) is 2.40. The molecule has 0 amide bonds. The summed E-state index contributed by atoms with van der Waals surface area (Å²) in [5, 5.41) is 8.77. The number of pyridine rings is 1. The summed E-state index contributed by atoms with van der Waals surface area (Å²) in [6.45, 7) is 2.02. The Hall–Kier alpha value is -1.84. The molecular formula is C11H12N2O2. The van der Waals surface area contributed by atoms with Gasteiger partial charge < -0.3 is 9.67 Å². The summed E-state index contributed by atoms with van der Waals surface area (Å²) in [6, 6.07) is 3.71. The largest absolute Gasteiger partial charge is 0.480 e. The van der Waals surface area contributed by atoms with E-state index in [1.807, 2.05) is 25.3 Å². The van der Waals surface area contributed by atoms with E-state index in [0.29, 0.717) is 0 Å². The third-order valence-corrected chi connectivity index (χ3v) is 2.40. The second-order valence-electron chi connectivity index (χ2n) is 3.40. The number of hydrogen-bond acceptors (Lipinski definition) is 2. The minimum atomic E-state index is -0.835. The summed E-state index contributed by atoms with van der Waals surface area (Å²) in [6.07, 6.45) is 4.46. The van der Waals surface area contributed by atoms with Gasteiger partial charge in [-0.25, -0.2) is 0 Å². The fourth-order valence-corrected chi connectivity index (χ4v) is 1.73. The van der Waals surface area contributed by atoms with Crippen molar-refractivity contribution >= 4 is 17.0 Å². The van der Waals surface area contributed by atoms with Crippen molar-refractivity contribution in [2.75, 3.05) is 0 Å². The zero-order valence-corrected chi connectivity index (χ0v) is 8.47. The first-order valence-corrected chi connectivity index (χ1v) is 4.87. The third kappa shape index (κ3) is 1.70. The summed E-state index contributed by atoms with van der Waals surface area (Å²) in [5.41, 5.74) is 2.88. The van der Waals surface area contributed by atoms with Crippen molar-refractivity contribution in [3.8, 4) is 0 Å². The number of nitrogens with zero attached hydrogens (tertiary/aromatic N) is 2. The average Bonchev–Trinajstić information content (AvgIpc) is 2.56. The Morgan fingerprint density at radius 3 is 3.07 bits per heavy atom. The normalized spacial score (nSPS) is 10.7. The Bertz CT molecular complexity index is 502. The molecule has 2 aromatic rings. The van der Waals surface area contributed by atoms with Gasteiger partial charge in [-0.2, -0.15) is 0 Å². The molecule has 0 aliphatic heterocycles. The number of aromatic nitrogens is 2. The van der Waals surface area contributed by atoms with Gasteiger partial charge >= 0.3 is 5.97 Å². The van der Waals surface area contributed by atoms with Gasteiger partial charge in [-0.15, -0.1) is 0 Å². The summed E-state index contributed by atoms with van der Waals surface area (Å²) >= 11 is 0. The molecule has 0 saturated heterocycles. The molecule has 2 rings (SSSR count). The minimum Gasteiger partial charge on any atom is -0.480 e. The molecule has 0 saturated carbocycles. The fraction of sp³-hybridized carbons (Fsp3) is 0.273. The van der Waals surface area contributed by atoms with Crippen LogP contribution in [0.15, 0.2) is 24.5 Å². The number of carbonyl (C=O) groups is 1. The van der Waals surface area contributed by atoms with Crippen LogP contribution in [0, 0.1) is 0 Å². The van der Waals surface area contributed by atoms with Gasteiger partial charge in [0, 0.05) is 12.4 Å². The van der Waals surface area contributed by atoms with Crippen LogP contribution in [0.5, 0.6) is 0 Å². The number of carboxylic acid groups (broad SMARTS) is 1. The van der Waals surface area contributed by atoms with Gasteiger partial charge in [0.2, 0.25) is 0 Å². The van der Waals surface area contributed by atoms with E-state index in [9.17, 15) is 4.79 Å². The van der Waals surface area contributed by atoms with Crippen LogP contribution in [0.25, 0.3) is 11.0 Å². The van der Waals surface area contributed by atoms with Gasteiger partial charge in [0.25, 0.3) is 0 Å². The Kier molecular flexibility index (Phi) is 2.41. The number of rotatable bonds is 3. The Morgan fingerprint density at radius 1 is 1.60 bits per heavy atom. The highest BCUT2D eigenvalue weighted by Gasteiger charge is 2.09. The highest BCUT2D eigenvalue weighted by Crippen LogP contribution is 2.19. The standard InChI is InChI=1S/C11H12N2O2/c1-2-8-6-13(7-10(14)15)9-4-3-5-12-11(8)9/h3-6H,2,7H2,1H3,(H,14,15). The molecule has 15 heavy (non-hydrogen) atoms. The van der Waals surface area contributed by atoms with Crippen molar-refractivity contribution in [1.82, 2.24) is 9.55 Å². The van der Waals surface area contributed by atoms with Crippen molar-refractivity contribution < 1.29 is 9.90 Å². The van der Waals surface area contributed by atoms with E-state index in [2.05, 4.69) is 4.98 Å².